The summed E-state index contributed by atoms with van der Waals surface area (Å²) in [7, 11) is 0. The third kappa shape index (κ3) is 37.0. The molecule has 2 saturated heterocycles. The molecule has 0 aromatic rings. The zero-order valence-electron chi connectivity index (χ0n) is 51.0. The number of aliphatic hydroxyl groups is 8. The molecule has 0 saturated carbocycles. The minimum atomic E-state index is -1.78. The average Bonchev–Trinajstić information content (AvgIpc) is 3.51. The highest BCUT2D eigenvalue weighted by Gasteiger charge is 2.51. The van der Waals surface area contributed by atoms with Crippen molar-refractivity contribution < 1.29 is 64.6 Å². The van der Waals surface area contributed by atoms with Crippen molar-refractivity contribution >= 4 is 5.91 Å². The Balaban J connectivity index is 1.50. The van der Waals surface area contributed by atoms with Crippen molar-refractivity contribution in [1.82, 2.24) is 5.32 Å². The monoisotopic (exact) mass is 1150 g/mol. The van der Waals surface area contributed by atoms with E-state index >= 15 is 0 Å². The van der Waals surface area contributed by atoms with Gasteiger partial charge in [0.1, 0.15) is 48.8 Å². The van der Waals surface area contributed by atoms with Gasteiger partial charge in [0.25, 0.3) is 0 Å². The number of unbranched alkanes of at least 4 members (excludes halogenated alkanes) is 30. The van der Waals surface area contributed by atoms with Crippen molar-refractivity contribution in [2.24, 2.45) is 0 Å². The van der Waals surface area contributed by atoms with Gasteiger partial charge < -0.3 is 65.1 Å². The number of nitrogens with one attached hydrogen (secondary N) is 1. The maximum absolute atomic E-state index is 13.2. The minimum absolute atomic E-state index is 0.207. The van der Waals surface area contributed by atoms with Crippen LogP contribution in [0.3, 0.4) is 0 Å². The normalized spacial score (nSPS) is 24.5. The smallest absolute Gasteiger partial charge is 0.220 e. The fraction of sp³-hybridized carbons (Fsp3) is 0.836. The summed E-state index contributed by atoms with van der Waals surface area (Å²) in [4.78, 5) is 13.2. The van der Waals surface area contributed by atoms with E-state index in [0.29, 0.717) is 12.8 Å². The fourth-order valence-corrected chi connectivity index (χ4v) is 10.7. The van der Waals surface area contributed by atoms with Gasteiger partial charge in [-0.15, -0.1) is 0 Å². The fourth-order valence-electron chi connectivity index (χ4n) is 10.7. The van der Waals surface area contributed by atoms with Crippen molar-refractivity contribution in [3.05, 3.63) is 60.8 Å². The Morgan fingerprint density at radius 1 is 0.457 bits per heavy atom. The minimum Gasteiger partial charge on any atom is -0.394 e. The Morgan fingerprint density at radius 3 is 1.31 bits per heavy atom. The highest BCUT2D eigenvalue weighted by molar-refractivity contribution is 5.76. The summed E-state index contributed by atoms with van der Waals surface area (Å²) < 4.78 is 22.8. The Bertz CT molecular complexity index is 1590. The second-order valence-corrected chi connectivity index (χ2v) is 23.2. The number of amides is 1. The second kappa shape index (κ2) is 52.1. The summed E-state index contributed by atoms with van der Waals surface area (Å²) in [6.07, 6.45) is 51.5. The van der Waals surface area contributed by atoms with Gasteiger partial charge >= 0.3 is 0 Å². The summed E-state index contributed by atoms with van der Waals surface area (Å²) in [5.41, 5.74) is 0. The molecule has 2 aliphatic heterocycles. The van der Waals surface area contributed by atoms with Crippen LogP contribution in [0.25, 0.3) is 0 Å². The number of carbonyl (C=O) groups excluding carboxylic acids is 1. The van der Waals surface area contributed by atoms with Gasteiger partial charge in [-0.2, -0.15) is 0 Å². The molecule has 9 N–H and O–H groups in total. The Hall–Kier alpha value is -2.31. The molecule has 14 heteroatoms. The van der Waals surface area contributed by atoms with Gasteiger partial charge in [0.2, 0.25) is 5.91 Å². The van der Waals surface area contributed by atoms with E-state index in [2.05, 4.69) is 79.9 Å². The van der Waals surface area contributed by atoms with E-state index in [1.807, 2.05) is 0 Å². The molecule has 0 aromatic carbocycles. The summed E-state index contributed by atoms with van der Waals surface area (Å²) in [6.45, 7) is 2.71. The highest BCUT2D eigenvalue weighted by atomic mass is 16.7. The summed E-state index contributed by atoms with van der Waals surface area (Å²) in [5, 5.41) is 87.0. The van der Waals surface area contributed by atoms with Crippen LogP contribution in [-0.4, -0.2) is 140 Å². The second-order valence-electron chi connectivity index (χ2n) is 23.2. The van der Waals surface area contributed by atoms with Gasteiger partial charge in [-0.25, -0.2) is 0 Å². The number of ether oxygens (including phenoxy) is 4. The number of hydrogen-bond acceptors (Lipinski definition) is 13. The SMILES string of the molecule is CC/C=C\C/C=C\C/C=C\C/C=C\C/C=C\CCCCCCCCCCCCCCCCCCCCCCCCCC(=O)NC(COC1OC(CO)C(OC2OC(CO)C(O)C(O)C2O)C(O)C1O)C(O)CCCCCCCCCC. The van der Waals surface area contributed by atoms with E-state index in [1.54, 1.807) is 0 Å². The molecule has 14 nitrogen and oxygen atoms in total. The highest BCUT2D eigenvalue weighted by Crippen LogP contribution is 2.30. The maximum Gasteiger partial charge on any atom is 0.220 e. The van der Waals surface area contributed by atoms with Gasteiger partial charge in [-0.1, -0.05) is 261 Å². The van der Waals surface area contributed by atoms with Crippen molar-refractivity contribution in [2.45, 2.75) is 338 Å². The molecule has 12 atom stereocenters. The molecule has 472 valence electrons. The zero-order valence-corrected chi connectivity index (χ0v) is 51.0. The van der Waals surface area contributed by atoms with Crippen LogP contribution in [-0.2, 0) is 23.7 Å². The van der Waals surface area contributed by atoms with E-state index in [4.69, 9.17) is 18.9 Å². The molecule has 12 unspecified atom stereocenters. The largest absolute Gasteiger partial charge is 0.394 e. The molecule has 1 amide bonds. The molecule has 81 heavy (non-hydrogen) atoms. The molecule has 2 rings (SSSR count). The first-order valence-electron chi connectivity index (χ1n) is 33.0. The van der Waals surface area contributed by atoms with Crippen LogP contribution in [0.4, 0.5) is 0 Å². The lowest BCUT2D eigenvalue weighted by molar-refractivity contribution is -0.359. The van der Waals surface area contributed by atoms with E-state index in [9.17, 15) is 45.6 Å². The van der Waals surface area contributed by atoms with Gasteiger partial charge in [-0.05, 0) is 57.8 Å². The zero-order chi connectivity index (χ0) is 58.8. The quantitative estimate of drug-likeness (QED) is 0.0204. The van der Waals surface area contributed by atoms with Crippen LogP contribution in [0.5, 0.6) is 0 Å². The first-order chi connectivity index (χ1) is 39.6. The number of hydrogen-bond donors (Lipinski definition) is 9. The topological polar surface area (TPSA) is 228 Å². The van der Waals surface area contributed by atoms with Gasteiger partial charge in [0.05, 0.1) is 32.0 Å². The predicted molar refractivity (Wildman–Crippen MR) is 327 cm³/mol. The predicted octanol–water partition coefficient (Wildman–Crippen LogP) is 12.5. The van der Waals surface area contributed by atoms with Crippen LogP contribution in [0, 0.1) is 0 Å². The molecule has 2 aliphatic rings. The van der Waals surface area contributed by atoms with Crippen molar-refractivity contribution in [3.8, 4) is 0 Å². The van der Waals surface area contributed by atoms with Crippen LogP contribution in [0.2, 0.25) is 0 Å². The Kier molecular flexibility index (Phi) is 48.1. The van der Waals surface area contributed by atoms with Crippen LogP contribution in [0.15, 0.2) is 60.8 Å². The molecule has 0 aliphatic carbocycles. The number of rotatable bonds is 53. The number of allylic oxidation sites excluding steroid dienone is 10. The third-order valence-corrected chi connectivity index (χ3v) is 16.0. The van der Waals surface area contributed by atoms with Crippen molar-refractivity contribution in [3.63, 3.8) is 0 Å². The molecule has 0 radical (unpaired) electrons. The number of aliphatic hydroxyl groups excluding tert-OH is 8. The lowest BCUT2D eigenvalue weighted by Crippen LogP contribution is -2.65. The summed E-state index contributed by atoms with van der Waals surface area (Å²) >= 11 is 0. The molecule has 0 aromatic heterocycles. The molecule has 2 heterocycles. The third-order valence-electron chi connectivity index (χ3n) is 16.0. The lowest BCUT2D eigenvalue weighted by atomic mass is 9.97. The first-order valence-corrected chi connectivity index (χ1v) is 33.0. The molecule has 0 bridgehead atoms. The molecule has 2 fully saturated rings. The van der Waals surface area contributed by atoms with Crippen molar-refractivity contribution in [2.75, 3.05) is 19.8 Å². The Labute approximate surface area is 492 Å². The van der Waals surface area contributed by atoms with E-state index in [0.717, 1.165) is 83.5 Å². The maximum atomic E-state index is 13.2. The van der Waals surface area contributed by atoms with Crippen molar-refractivity contribution in [1.29, 1.82) is 0 Å². The molecular formula is C67H121NO13. The lowest BCUT2D eigenvalue weighted by Gasteiger charge is -2.46. The molecular weight excluding hydrogens is 1030 g/mol. The van der Waals surface area contributed by atoms with Crippen LogP contribution >= 0.6 is 0 Å². The number of carbonyl (C=O) groups is 1. The van der Waals surface area contributed by atoms with Crippen LogP contribution in [0.1, 0.15) is 264 Å². The van der Waals surface area contributed by atoms with E-state index < -0.39 is 86.8 Å². The van der Waals surface area contributed by atoms with Gasteiger partial charge in [0.15, 0.2) is 12.6 Å². The first kappa shape index (κ1) is 74.8. The van der Waals surface area contributed by atoms with Gasteiger partial charge in [0, 0.05) is 6.42 Å². The van der Waals surface area contributed by atoms with E-state index in [-0.39, 0.29) is 12.5 Å². The average molecular weight is 1150 g/mol. The molecule has 0 spiro atoms. The van der Waals surface area contributed by atoms with Crippen LogP contribution < -0.4 is 5.32 Å². The summed E-state index contributed by atoms with van der Waals surface area (Å²) in [5.74, 6) is -0.207. The summed E-state index contributed by atoms with van der Waals surface area (Å²) in [6, 6.07) is -0.825. The van der Waals surface area contributed by atoms with E-state index in [1.165, 1.54) is 154 Å². The standard InChI is InChI=1S/C67H121NO13/c1-3-5-7-9-11-13-14-15-16-17-18-19-20-21-22-23-24-25-26-27-28-29-30-31-32-33-34-35-36-37-38-39-40-41-42-43-45-47-49-51-59(72)68-55(56(71)50-48-46-44-12-10-8-6-4-2)54-78-66-64(77)62(75)65(58(53-70)80-66)81-67-63(76)61(74)60(73)57(52-69)79-67/h5,7,11,13,15-16,18-19,21-22,55-58,60-67,69-71,73-77H,3-4,6,8-10,12,14,17,20,23-54H2,1-2H3,(H,68,72)/b7-5-,13-11-,16-15-,19-18-,22-21-. The Morgan fingerprint density at radius 2 is 0.852 bits per heavy atom. The van der Waals surface area contributed by atoms with Gasteiger partial charge in [-0.3, -0.25) is 4.79 Å².